The van der Waals surface area contributed by atoms with Gasteiger partial charge in [-0.2, -0.15) is 5.26 Å². The Hall–Kier alpha value is -2.32. The van der Waals surface area contributed by atoms with Crippen molar-refractivity contribution in [1.82, 2.24) is 4.90 Å². The van der Waals surface area contributed by atoms with Crippen molar-refractivity contribution in [2.45, 2.75) is 13.8 Å². The minimum atomic E-state index is -0.349. The number of aryl methyl sites for hydroxylation is 1. The van der Waals surface area contributed by atoms with E-state index in [4.69, 9.17) is 0 Å². The number of amides is 1. The molecule has 1 aliphatic heterocycles. The average molecular weight is 299 g/mol. The molecule has 0 spiro atoms. The molecule has 2 N–H and O–H groups in total. The first kappa shape index (κ1) is 16.1. The molecule has 1 aromatic rings. The lowest BCUT2D eigenvalue weighted by molar-refractivity contribution is -0.902. The molecule has 0 atom stereocenters. The first-order chi connectivity index (χ1) is 10.6. The number of carbonyl (C=O) groups is 1. The van der Waals surface area contributed by atoms with Gasteiger partial charge in [-0.15, -0.1) is 0 Å². The minimum absolute atomic E-state index is 0.154. The van der Waals surface area contributed by atoms with Crippen LogP contribution >= 0.6 is 0 Å². The smallest absolute Gasteiger partial charge is 0.267 e. The van der Waals surface area contributed by atoms with E-state index in [0.29, 0.717) is 5.69 Å². The highest BCUT2D eigenvalue weighted by atomic mass is 16.1. The van der Waals surface area contributed by atoms with Gasteiger partial charge in [0.25, 0.3) is 5.91 Å². The van der Waals surface area contributed by atoms with Gasteiger partial charge in [-0.3, -0.25) is 4.79 Å². The van der Waals surface area contributed by atoms with E-state index in [-0.39, 0.29) is 11.5 Å². The summed E-state index contributed by atoms with van der Waals surface area (Å²) in [6, 6.07) is 9.56. The topological polar surface area (TPSA) is 60.6 Å². The molecular weight excluding hydrogens is 276 g/mol. The fourth-order valence-electron chi connectivity index (χ4n) is 2.56. The number of nitriles is 1. The molecule has 22 heavy (non-hydrogen) atoms. The predicted molar refractivity (Wildman–Crippen MR) is 86.3 cm³/mol. The third kappa shape index (κ3) is 4.34. The maximum absolute atomic E-state index is 12.2. The molecule has 5 nitrogen and oxygen atoms in total. The van der Waals surface area contributed by atoms with Crippen molar-refractivity contribution in [1.29, 1.82) is 5.26 Å². The van der Waals surface area contributed by atoms with Crippen molar-refractivity contribution in [3.8, 4) is 6.07 Å². The van der Waals surface area contributed by atoms with Crippen molar-refractivity contribution < 1.29 is 9.69 Å². The number of hydrogen-bond donors (Lipinski definition) is 2. The monoisotopic (exact) mass is 299 g/mol. The summed E-state index contributed by atoms with van der Waals surface area (Å²) in [5.74, 6) is -0.349. The predicted octanol–water partition coefficient (Wildman–Crippen LogP) is 0.561. The number of anilines is 1. The third-order valence-corrected chi connectivity index (χ3v) is 3.96. The molecule has 1 aromatic carbocycles. The molecule has 0 unspecified atom stereocenters. The summed E-state index contributed by atoms with van der Waals surface area (Å²) >= 11 is 0. The number of rotatable bonds is 4. The van der Waals surface area contributed by atoms with Gasteiger partial charge in [-0.05, 0) is 31.5 Å². The summed E-state index contributed by atoms with van der Waals surface area (Å²) in [6.07, 6.45) is 1.69. The Balaban J connectivity index is 2.00. The molecule has 1 saturated heterocycles. The van der Waals surface area contributed by atoms with Gasteiger partial charge in [0.15, 0.2) is 0 Å². The zero-order valence-corrected chi connectivity index (χ0v) is 13.2. The summed E-state index contributed by atoms with van der Waals surface area (Å²) < 4.78 is 0. The molecule has 1 amide bonds. The Bertz CT molecular complexity index is 595. The fraction of sp³-hybridized carbons (Fsp3) is 0.412. The number of likely N-dealkylation sites (N-methyl/N-ethyl adjacent to an activating group) is 1. The molecule has 0 aliphatic carbocycles. The van der Waals surface area contributed by atoms with Crippen LogP contribution in [0.4, 0.5) is 5.69 Å². The Morgan fingerprint density at radius 1 is 1.45 bits per heavy atom. The summed E-state index contributed by atoms with van der Waals surface area (Å²) in [4.78, 5) is 15.8. The van der Waals surface area contributed by atoms with E-state index >= 15 is 0 Å². The second-order valence-electron chi connectivity index (χ2n) is 5.62. The van der Waals surface area contributed by atoms with Crippen molar-refractivity contribution in [2.75, 3.05) is 38.0 Å². The van der Waals surface area contributed by atoms with Crippen LogP contribution in [-0.2, 0) is 4.79 Å². The lowest BCUT2D eigenvalue weighted by Crippen LogP contribution is -3.14. The SMILES string of the molecule is CC[NH+]1CCN(/C=C(\C#N)C(=O)Nc2cccc(C)c2)CC1. The van der Waals surface area contributed by atoms with Crippen molar-refractivity contribution >= 4 is 11.6 Å². The molecule has 1 aliphatic rings. The summed E-state index contributed by atoms with van der Waals surface area (Å²) in [7, 11) is 0. The molecule has 1 fully saturated rings. The van der Waals surface area contributed by atoms with Gasteiger partial charge >= 0.3 is 0 Å². The van der Waals surface area contributed by atoms with Crippen LogP contribution in [0.1, 0.15) is 12.5 Å². The number of nitrogens with one attached hydrogen (secondary N) is 2. The average Bonchev–Trinajstić information content (AvgIpc) is 2.53. The van der Waals surface area contributed by atoms with Gasteiger partial charge in [0.2, 0.25) is 0 Å². The first-order valence-corrected chi connectivity index (χ1v) is 7.70. The van der Waals surface area contributed by atoms with Crippen molar-refractivity contribution in [3.63, 3.8) is 0 Å². The fourth-order valence-corrected chi connectivity index (χ4v) is 2.56. The summed E-state index contributed by atoms with van der Waals surface area (Å²) in [6.45, 7) is 9.12. The number of nitrogens with zero attached hydrogens (tertiary/aromatic N) is 2. The van der Waals surface area contributed by atoms with E-state index in [0.717, 1.165) is 38.3 Å². The Labute approximate surface area is 131 Å². The molecule has 0 bridgehead atoms. The Kier molecular flexibility index (Phi) is 5.56. The van der Waals surface area contributed by atoms with Crippen molar-refractivity contribution in [2.24, 2.45) is 0 Å². The van der Waals surface area contributed by atoms with Crippen LogP contribution in [0, 0.1) is 18.3 Å². The molecule has 5 heteroatoms. The largest absolute Gasteiger partial charge is 0.365 e. The van der Waals surface area contributed by atoms with Crippen LogP contribution in [0.15, 0.2) is 36.0 Å². The van der Waals surface area contributed by atoms with Gasteiger partial charge in [0.1, 0.15) is 11.6 Å². The summed E-state index contributed by atoms with van der Waals surface area (Å²) in [5, 5.41) is 12.0. The van der Waals surface area contributed by atoms with E-state index < -0.39 is 0 Å². The quantitative estimate of drug-likeness (QED) is 0.631. The molecule has 1 heterocycles. The number of piperazine rings is 1. The zero-order valence-electron chi connectivity index (χ0n) is 13.2. The van der Waals surface area contributed by atoms with E-state index in [1.165, 1.54) is 0 Å². The molecular formula is C17H23N4O+. The third-order valence-electron chi connectivity index (χ3n) is 3.96. The van der Waals surface area contributed by atoms with Gasteiger partial charge in [0, 0.05) is 11.9 Å². The normalized spacial score (nSPS) is 16.2. The van der Waals surface area contributed by atoms with E-state index in [1.807, 2.05) is 37.3 Å². The molecule has 0 saturated carbocycles. The molecule has 2 rings (SSSR count). The maximum atomic E-state index is 12.2. The summed E-state index contributed by atoms with van der Waals surface area (Å²) in [5.41, 5.74) is 1.94. The lowest BCUT2D eigenvalue weighted by atomic mass is 10.2. The second kappa shape index (κ2) is 7.62. The zero-order chi connectivity index (χ0) is 15.9. The molecule has 0 radical (unpaired) electrons. The minimum Gasteiger partial charge on any atom is -0.365 e. The van der Waals surface area contributed by atoms with Gasteiger partial charge in [0.05, 0.1) is 32.7 Å². The Morgan fingerprint density at radius 2 is 2.18 bits per heavy atom. The van der Waals surface area contributed by atoms with Crippen molar-refractivity contribution in [3.05, 3.63) is 41.6 Å². The maximum Gasteiger partial charge on any atom is 0.267 e. The van der Waals surface area contributed by atoms with Gasteiger partial charge < -0.3 is 15.1 Å². The molecule has 116 valence electrons. The van der Waals surface area contributed by atoms with Crippen LogP contribution in [0.25, 0.3) is 0 Å². The van der Waals surface area contributed by atoms with E-state index in [9.17, 15) is 10.1 Å². The van der Waals surface area contributed by atoms with E-state index in [1.54, 1.807) is 11.1 Å². The van der Waals surface area contributed by atoms with Crippen LogP contribution < -0.4 is 10.2 Å². The highest BCUT2D eigenvalue weighted by Gasteiger charge is 2.18. The van der Waals surface area contributed by atoms with Gasteiger partial charge in [-0.25, -0.2) is 0 Å². The number of carbonyl (C=O) groups excluding carboxylic acids is 1. The lowest BCUT2D eigenvalue weighted by Gasteiger charge is -2.30. The van der Waals surface area contributed by atoms with Crippen LogP contribution in [-0.4, -0.2) is 43.5 Å². The number of benzene rings is 1. The van der Waals surface area contributed by atoms with Crippen LogP contribution in [0.5, 0.6) is 0 Å². The number of quaternary nitrogens is 1. The second-order valence-corrected chi connectivity index (χ2v) is 5.62. The first-order valence-electron chi connectivity index (χ1n) is 7.70. The van der Waals surface area contributed by atoms with Crippen LogP contribution in [0.3, 0.4) is 0 Å². The molecule has 0 aromatic heterocycles. The highest BCUT2D eigenvalue weighted by Crippen LogP contribution is 2.11. The van der Waals surface area contributed by atoms with Crippen LogP contribution in [0.2, 0.25) is 0 Å². The van der Waals surface area contributed by atoms with E-state index in [2.05, 4.69) is 17.1 Å². The van der Waals surface area contributed by atoms with Gasteiger partial charge in [-0.1, -0.05) is 12.1 Å². The number of hydrogen-bond acceptors (Lipinski definition) is 3. The highest BCUT2D eigenvalue weighted by molar-refractivity contribution is 6.06. The standard InChI is InChI=1S/C17H22N4O/c1-3-20-7-9-21(10-8-20)13-15(12-18)17(22)19-16-6-4-5-14(2)11-16/h4-6,11,13H,3,7-10H2,1-2H3,(H,19,22)/p+1/b15-13+. The Morgan fingerprint density at radius 3 is 2.77 bits per heavy atom.